The van der Waals surface area contributed by atoms with Gasteiger partial charge in [0.25, 0.3) is 17.5 Å². The van der Waals surface area contributed by atoms with Crippen LogP contribution in [0.15, 0.2) is 42.5 Å². The van der Waals surface area contributed by atoms with Crippen LogP contribution < -0.4 is 10.6 Å². The molecular formula is C18H15Cl2N3O6. The van der Waals surface area contributed by atoms with Gasteiger partial charge in [-0.05, 0) is 31.2 Å². The molecule has 2 rings (SSSR count). The maximum absolute atomic E-state index is 12.1. The Balaban J connectivity index is 1.85. The molecule has 2 amide bonds. The molecule has 29 heavy (non-hydrogen) atoms. The number of hydrogen-bond acceptors (Lipinski definition) is 6. The van der Waals surface area contributed by atoms with E-state index in [9.17, 15) is 24.5 Å². The van der Waals surface area contributed by atoms with E-state index in [0.29, 0.717) is 0 Å². The summed E-state index contributed by atoms with van der Waals surface area (Å²) in [5, 5.41) is 16.0. The average Bonchev–Trinajstić information content (AvgIpc) is 2.68. The molecular weight excluding hydrogens is 425 g/mol. The Labute approximate surface area is 175 Å². The van der Waals surface area contributed by atoms with E-state index < -0.39 is 35.4 Å². The first-order chi connectivity index (χ1) is 13.7. The van der Waals surface area contributed by atoms with Crippen LogP contribution in [0.3, 0.4) is 0 Å². The lowest BCUT2D eigenvalue weighted by Gasteiger charge is -2.14. The highest BCUT2D eigenvalue weighted by molar-refractivity contribution is 6.42. The normalized spacial score (nSPS) is 11.3. The molecule has 0 fully saturated rings. The predicted molar refractivity (Wildman–Crippen MR) is 106 cm³/mol. The smallest absolute Gasteiger partial charge is 0.326 e. The van der Waals surface area contributed by atoms with E-state index in [1.54, 1.807) is 0 Å². The molecule has 2 aromatic carbocycles. The van der Waals surface area contributed by atoms with Gasteiger partial charge in [0.05, 0.1) is 15.0 Å². The number of nitrogens with one attached hydrogen (secondary N) is 2. The molecule has 0 bridgehead atoms. The number of benzene rings is 2. The topological polar surface area (TPSA) is 128 Å². The summed E-state index contributed by atoms with van der Waals surface area (Å²) < 4.78 is 4.94. The highest BCUT2D eigenvalue weighted by atomic mass is 35.5. The number of rotatable bonds is 7. The average molecular weight is 440 g/mol. The van der Waals surface area contributed by atoms with Crippen molar-refractivity contribution in [2.45, 2.75) is 13.0 Å². The molecule has 11 heteroatoms. The molecule has 0 aliphatic carbocycles. The third kappa shape index (κ3) is 6.44. The fourth-order valence-electron chi connectivity index (χ4n) is 2.13. The van der Waals surface area contributed by atoms with Gasteiger partial charge in [0, 0.05) is 23.4 Å². The molecule has 0 heterocycles. The minimum Gasteiger partial charge on any atom is -0.451 e. The number of esters is 1. The van der Waals surface area contributed by atoms with Crippen molar-refractivity contribution in [3.63, 3.8) is 0 Å². The minimum atomic E-state index is -1.19. The van der Waals surface area contributed by atoms with Gasteiger partial charge in [-0.25, -0.2) is 0 Å². The zero-order chi connectivity index (χ0) is 21.6. The quantitative estimate of drug-likeness (QED) is 0.387. The summed E-state index contributed by atoms with van der Waals surface area (Å²) in [6, 6.07) is 9.53. The van der Waals surface area contributed by atoms with Crippen molar-refractivity contribution < 1.29 is 24.0 Å². The second kappa shape index (κ2) is 9.85. The summed E-state index contributed by atoms with van der Waals surface area (Å²) in [4.78, 5) is 46.1. The third-order valence-electron chi connectivity index (χ3n) is 3.58. The van der Waals surface area contributed by atoms with E-state index in [1.165, 1.54) is 49.4 Å². The Morgan fingerprint density at radius 3 is 2.52 bits per heavy atom. The minimum absolute atomic E-state index is 0.181. The van der Waals surface area contributed by atoms with Crippen molar-refractivity contribution in [3.05, 3.63) is 68.2 Å². The number of amides is 2. The first-order valence-corrected chi connectivity index (χ1v) is 8.91. The van der Waals surface area contributed by atoms with Crippen LogP contribution in [0.2, 0.25) is 10.0 Å². The van der Waals surface area contributed by atoms with Crippen LogP contribution >= 0.6 is 23.2 Å². The number of carbonyl (C=O) groups is 3. The largest absolute Gasteiger partial charge is 0.451 e. The molecule has 9 nitrogen and oxygen atoms in total. The maximum atomic E-state index is 12.1. The third-order valence-corrected chi connectivity index (χ3v) is 4.32. The van der Waals surface area contributed by atoms with Crippen LogP contribution in [0, 0.1) is 10.1 Å². The number of halogens is 2. The van der Waals surface area contributed by atoms with E-state index in [1.807, 2.05) is 0 Å². The molecule has 0 unspecified atom stereocenters. The summed E-state index contributed by atoms with van der Waals surface area (Å²) in [5.41, 5.74) is 0.182. The van der Waals surface area contributed by atoms with E-state index in [4.69, 9.17) is 27.9 Å². The number of carbonyl (C=O) groups excluding carboxylic acids is 3. The molecule has 0 saturated heterocycles. The van der Waals surface area contributed by atoms with Gasteiger partial charge < -0.3 is 15.4 Å². The molecule has 2 aromatic rings. The summed E-state index contributed by atoms with van der Waals surface area (Å²) in [5.74, 6) is -2.11. The zero-order valence-electron chi connectivity index (χ0n) is 15.0. The van der Waals surface area contributed by atoms with Gasteiger partial charge in [0.15, 0.2) is 6.10 Å². The molecule has 0 aliphatic heterocycles. The van der Waals surface area contributed by atoms with E-state index in [0.717, 1.165) is 0 Å². The van der Waals surface area contributed by atoms with E-state index in [2.05, 4.69) is 10.6 Å². The molecule has 0 aliphatic rings. The second-order valence-corrected chi connectivity index (χ2v) is 6.55. The number of ether oxygens (including phenoxy) is 1. The highest BCUT2D eigenvalue weighted by Gasteiger charge is 2.19. The molecule has 2 N–H and O–H groups in total. The van der Waals surface area contributed by atoms with Crippen molar-refractivity contribution >= 4 is 52.4 Å². The van der Waals surface area contributed by atoms with Gasteiger partial charge in [0.2, 0.25) is 0 Å². The summed E-state index contributed by atoms with van der Waals surface area (Å²) >= 11 is 11.6. The fourth-order valence-corrected chi connectivity index (χ4v) is 2.42. The fraction of sp³-hybridized carbons (Fsp3) is 0.167. The number of nitrogens with zero attached hydrogens (tertiary/aromatic N) is 1. The Kier molecular flexibility index (Phi) is 7.52. The number of nitro groups is 1. The SMILES string of the molecule is C[C@H](OC(=O)CNC(=O)c1ccc(Cl)c(Cl)c1)C(=O)Nc1cccc([N+](=O)[O-])c1. The lowest BCUT2D eigenvalue weighted by Crippen LogP contribution is -2.35. The van der Waals surface area contributed by atoms with Crippen molar-refractivity contribution in [2.24, 2.45) is 0 Å². The molecule has 0 spiro atoms. The van der Waals surface area contributed by atoms with Crippen LogP contribution in [0.5, 0.6) is 0 Å². The van der Waals surface area contributed by atoms with Crippen LogP contribution in [0.4, 0.5) is 11.4 Å². The Morgan fingerprint density at radius 2 is 1.86 bits per heavy atom. The number of non-ortho nitro benzene ring substituents is 1. The standard InChI is InChI=1S/C18H15Cl2N3O6/c1-10(17(25)22-12-3-2-4-13(8-12)23(27)28)29-16(24)9-21-18(26)11-5-6-14(19)15(20)7-11/h2-8,10H,9H2,1H3,(H,21,26)(H,22,25)/t10-/m0/s1. The molecule has 0 radical (unpaired) electrons. The Hall–Kier alpha value is -3.17. The van der Waals surface area contributed by atoms with Gasteiger partial charge in [-0.3, -0.25) is 24.5 Å². The van der Waals surface area contributed by atoms with Crippen LogP contribution in [-0.4, -0.2) is 35.4 Å². The van der Waals surface area contributed by atoms with Crippen molar-refractivity contribution in [3.8, 4) is 0 Å². The summed E-state index contributed by atoms with van der Waals surface area (Å²) in [7, 11) is 0. The van der Waals surface area contributed by atoms with Crippen molar-refractivity contribution in [1.29, 1.82) is 0 Å². The highest BCUT2D eigenvalue weighted by Crippen LogP contribution is 2.22. The van der Waals surface area contributed by atoms with Gasteiger partial charge >= 0.3 is 5.97 Å². The van der Waals surface area contributed by atoms with Crippen LogP contribution in [0.1, 0.15) is 17.3 Å². The van der Waals surface area contributed by atoms with Crippen LogP contribution in [-0.2, 0) is 14.3 Å². The Morgan fingerprint density at radius 1 is 1.14 bits per heavy atom. The van der Waals surface area contributed by atoms with Crippen molar-refractivity contribution in [1.82, 2.24) is 5.32 Å². The van der Waals surface area contributed by atoms with Gasteiger partial charge in [-0.2, -0.15) is 0 Å². The van der Waals surface area contributed by atoms with Crippen molar-refractivity contribution in [2.75, 3.05) is 11.9 Å². The lowest BCUT2D eigenvalue weighted by atomic mass is 10.2. The number of nitro benzene ring substituents is 1. The molecule has 1 atom stereocenters. The second-order valence-electron chi connectivity index (χ2n) is 5.74. The molecule has 152 valence electrons. The number of hydrogen-bond donors (Lipinski definition) is 2. The number of anilines is 1. The summed E-state index contributed by atoms with van der Waals surface area (Å²) in [6.45, 7) is 0.846. The Bertz CT molecular complexity index is 966. The first kappa shape index (κ1) is 22.1. The van der Waals surface area contributed by atoms with Gasteiger partial charge in [-0.1, -0.05) is 29.3 Å². The lowest BCUT2D eigenvalue weighted by molar-refractivity contribution is -0.384. The van der Waals surface area contributed by atoms with E-state index in [-0.39, 0.29) is 27.0 Å². The van der Waals surface area contributed by atoms with Crippen LogP contribution in [0.25, 0.3) is 0 Å². The zero-order valence-corrected chi connectivity index (χ0v) is 16.5. The molecule has 0 aromatic heterocycles. The maximum Gasteiger partial charge on any atom is 0.326 e. The monoisotopic (exact) mass is 439 g/mol. The first-order valence-electron chi connectivity index (χ1n) is 8.15. The predicted octanol–water partition coefficient (Wildman–Crippen LogP) is 3.20. The van der Waals surface area contributed by atoms with E-state index >= 15 is 0 Å². The molecule has 0 saturated carbocycles. The van der Waals surface area contributed by atoms with Gasteiger partial charge in [0.1, 0.15) is 6.54 Å². The summed E-state index contributed by atoms with van der Waals surface area (Å²) in [6.07, 6.45) is -1.19. The van der Waals surface area contributed by atoms with Gasteiger partial charge in [-0.15, -0.1) is 0 Å².